The van der Waals surface area contributed by atoms with Crippen molar-refractivity contribution in [3.8, 4) is 0 Å². The molecule has 0 aliphatic carbocycles. The largest absolute Gasteiger partial charge is 0.400 e. The van der Waals surface area contributed by atoms with Gasteiger partial charge in [-0.3, -0.25) is 0 Å². The third kappa shape index (κ3) is 19.0. The van der Waals surface area contributed by atoms with Crippen LogP contribution in [-0.4, -0.2) is 12.2 Å². The Labute approximate surface area is 50.7 Å². The SMILES string of the molecule is C=C/C=C\C=C.CO. The zero-order valence-electron chi connectivity index (χ0n) is 5.17. The first-order valence-electron chi connectivity index (χ1n) is 2.26. The van der Waals surface area contributed by atoms with E-state index in [-0.39, 0.29) is 0 Å². The normalized spacial score (nSPS) is 7.25. The molecule has 0 radical (unpaired) electrons. The number of aliphatic hydroxyl groups is 1. The molecule has 0 saturated carbocycles. The molecule has 0 aromatic rings. The Morgan fingerprint density at radius 1 is 1.00 bits per heavy atom. The van der Waals surface area contributed by atoms with Crippen LogP contribution < -0.4 is 0 Å². The van der Waals surface area contributed by atoms with Crippen LogP contribution in [0.3, 0.4) is 0 Å². The molecule has 0 aromatic carbocycles. The van der Waals surface area contributed by atoms with E-state index in [0.717, 1.165) is 7.11 Å². The minimum atomic E-state index is 1.00. The average Bonchev–Trinajstić information content (AvgIpc) is 1.88. The van der Waals surface area contributed by atoms with E-state index in [0.29, 0.717) is 0 Å². The van der Waals surface area contributed by atoms with Crippen LogP contribution in [0.4, 0.5) is 0 Å². The maximum absolute atomic E-state index is 7.00. The van der Waals surface area contributed by atoms with Crippen LogP contribution in [0.15, 0.2) is 37.5 Å². The van der Waals surface area contributed by atoms with Crippen molar-refractivity contribution in [1.82, 2.24) is 0 Å². The van der Waals surface area contributed by atoms with E-state index in [1.807, 2.05) is 12.2 Å². The second-order valence-electron chi connectivity index (χ2n) is 0.856. The number of aliphatic hydroxyl groups excluding tert-OH is 1. The van der Waals surface area contributed by atoms with Gasteiger partial charge in [0.05, 0.1) is 0 Å². The summed E-state index contributed by atoms with van der Waals surface area (Å²) in [4.78, 5) is 0. The van der Waals surface area contributed by atoms with Crippen molar-refractivity contribution >= 4 is 0 Å². The lowest BCUT2D eigenvalue weighted by molar-refractivity contribution is 0.399. The summed E-state index contributed by atoms with van der Waals surface area (Å²) in [5, 5.41) is 7.00. The van der Waals surface area contributed by atoms with Gasteiger partial charge < -0.3 is 5.11 Å². The summed E-state index contributed by atoms with van der Waals surface area (Å²) in [6.45, 7) is 6.93. The van der Waals surface area contributed by atoms with Crippen LogP contribution >= 0.6 is 0 Å². The summed E-state index contributed by atoms with van der Waals surface area (Å²) < 4.78 is 0. The summed E-state index contributed by atoms with van der Waals surface area (Å²) in [5.41, 5.74) is 0. The Balaban J connectivity index is 0. The minimum Gasteiger partial charge on any atom is -0.400 e. The molecule has 0 aromatic heterocycles. The summed E-state index contributed by atoms with van der Waals surface area (Å²) in [6, 6.07) is 0. The number of hydrogen-bond acceptors (Lipinski definition) is 1. The van der Waals surface area contributed by atoms with Gasteiger partial charge >= 0.3 is 0 Å². The van der Waals surface area contributed by atoms with E-state index in [1.54, 1.807) is 12.2 Å². The van der Waals surface area contributed by atoms with Crippen LogP contribution in [0.1, 0.15) is 0 Å². The van der Waals surface area contributed by atoms with Crippen molar-refractivity contribution in [2.75, 3.05) is 7.11 Å². The smallest absolute Gasteiger partial charge is 0.0319 e. The van der Waals surface area contributed by atoms with Gasteiger partial charge in [0.2, 0.25) is 0 Å². The maximum Gasteiger partial charge on any atom is 0.0319 e. The van der Waals surface area contributed by atoms with E-state index in [2.05, 4.69) is 13.2 Å². The van der Waals surface area contributed by atoms with Crippen LogP contribution in [-0.2, 0) is 0 Å². The fourth-order valence-corrected chi connectivity index (χ4v) is 0.157. The highest BCUT2D eigenvalue weighted by Crippen LogP contribution is 1.69. The molecule has 1 N–H and O–H groups in total. The van der Waals surface area contributed by atoms with E-state index in [1.165, 1.54) is 0 Å². The van der Waals surface area contributed by atoms with Gasteiger partial charge in [-0.15, -0.1) is 0 Å². The van der Waals surface area contributed by atoms with Crippen molar-refractivity contribution < 1.29 is 5.11 Å². The maximum atomic E-state index is 7.00. The molecule has 46 valence electrons. The highest BCUT2D eigenvalue weighted by atomic mass is 16.2. The minimum absolute atomic E-state index is 1.00. The van der Waals surface area contributed by atoms with Gasteiger partial charge in [0.25, 0.3) is 0 Å². The molecular weight excluding hydrogens is 100 g/mol. The molecule has 0 amide bonds. The first-order chi connectivity index (χ1) is 3.91. The lowest BCUT2D eigenvalue weighted by atomic mass is 10.5. The Morgan fingerprint density at radius 3 is 1.38 bits per heavy atom. The second-order valence-corrected chi connectivity index (χ2v) is 0.856. The van der Waals surface area contributed by atoms with Crippen molar-refractivity contribution in [3.05, 3.63) is 37.5 Å². The average molecular weight is 112 g/mol. The van der Waals surface area contributed by atoms with Crippen LogP contribution in [0.2, 0.25) is 0 Å². The molecule has 1 heteroatoms. The highest BCUT2D eigenvalue weighted by Gasteiger charge is 1.47. The predicted octanol–water partition coefficient (Wildman–Crippen LogP) is 1.52. The van der Waals surface area contributed by atoms with Crippen LogP contribution in [0.25, 0.3) is 0 Å². The van der Waals surface area contributed by atoms with Crippen molar-refractivity contribution in [2.45, 2.75) is 0 Å². The summed E-state index contributed by atoms with van der Waals surface area (Å²) in [7, 11) is 1.00. The van der Waals surface area contributed by atoms with Crippen molar-refractivity contribution in [1.29, 1.82) is 0 Å². The molecule has 0 saturated heterocycles. The van der Waals surface area contributed by atoms with Crippen LogP contribution in [0.5, 0.6) is 0 Å². The molecule has 0 rings (SSSR count). The molecule has 0 aliphatic rings. The topological polar surface area (TPSA) is 20.2 Å². The fraction of sp³-hybridized carbons (Fsp3) is 0.143. The molecule has 0 atom stereocenters. The Kier molecular flexibility index (Phi) is 20.9. The summed E-state index contributed by atoms with van der Waals surface area (Å²) >= 11 is 0. The Bertz CT molecular complexity index is 62.5. The molecule has 0 bridgehead atoms. The molecule has 0 unspecified atom stereocenters. The van der Waals surface area contributed by atoms with Crippen molar-refractivity contribution in [2.24, 2.45) is 0 Å². The molecule has 0 aliphatic heterocycles. The van der Waals surface area contributed by atoms with Gasteiger partial charge in [0.15, 0.2) is 0 Å². The zero-order chi connectivity index (χ0) is 6.83. The van der Waals surface area contributed by atoms with Gasteiger partial charge in [-0.1, -0.05) is 37.5 Å². The second kappa shape index (κ2) is 16.4. The highest BCUT2D eigenvalue weighted by molar-refractivity contribution is 5.05. The van der Waals surface area contributed by atoms with E-state index in [9.17, 15) is 0 Å². The van der Waals surface area contributed by atoms with Gasteiger partial charge in [-0.05, 0) is 0 Å². The monoisotopic (exact) mass is 112 g/mol. The van der Waals surface area contributed by atoms with E-state index >= 15 is 0 Å². The third-order valence-electron chi connectivity index (χ3n) is 0.383. The Hall–Kier alpha value is -0.820. The number of allylic oxidation sites excluding steroid dienone is 4. The first kappa shape index (κ1) is 10.2. The van der Waals surface area contributed by atoms with Crippen molar-refractivity contribution in [3.63, 3.8) is 0 Å². The number of hydrogen-bond donors (Lipinski definition) is 1. The quantitative estimate of drug-likeness (QED) is 0.537. The predicted molar refractivity (Wildman–Crippen MR) is 37.7 cm³/mol. The lowest BCUT2D eigenvalue weighted by Crippen LogP contribution is -1.38. The number of rotatable bonds is 2. The zero-order valence-corrected chi connectivity index (χ0v) is 5.17. The van der Waals surface area contributed by atoms with Crippen LogP contribution in [0, 0.1) is 0 Å². The summed E-state index contributed by atoms with van der Waals surface area (Å²) in [6.07, 6.45) is 7.07. The van der Waals surface area contributed by atoms with E-state index in [4.69, 9.17) is 5.11 Å². The molecule has 8 heavy (non-hydrogen) atoms. The molecule has 0 heterocycles. The van der Waals surface area contributed by atoms with Gasteiger partial charge in [-0.2, -0.15) is 0 Å². The fourth-order valence-electron chi connectivity index (χ4n) is 0.157. The summed E-state index contributed by atoms with van der Waals surface area (Å²) in [5.74, 6) is 0. The first-order valence-corrected chi connectivity index (χ1v) is 2.26. The Morgan fingerprint density at radius 2 is 1.25 bits per heavy atom. The molecule has 1 nitrogen and oxygen atoms in total. The van der Waals surface area contributed by atoms with Gasteiger partial charge in [-0.25, -0.2) is 0 Å². The standard InChI is InChI=1S/C6H8.CH4O/c1-3-5-6-4-2;1-2/h3-6H,1-2H2;2H,1H3/b6-5-;. The van der Waals surface area contributed by atoms with Gasteiger partial charge in [0, 0.05) is 7.11 Å². The van der Waals surface area contributed by atoms with E-state index < -0.39 is 0 Å². The third-order valence-corrected chi connectivity index (χ3v) is 0.383. The molecule has 0 fully saturated rings. The molecular formula is C7H12O. The molecule has 0 spiro atoms. The van der Waals surface area contributed by atoms with Gasteiger partial charge in [0.1, 0.15) is 0 Å². The lowest BCUT2D eigenvalue weighted by Gasteiger charge is -1.60.